The molecule has 1 atom stereocenters. The Bertz CT molecular complexity index is 393. The van der Waals surface area contributed by atoms with E-state index in [0.717, 1.165) is 12.8 Å². The summed E-state index contributed by atoms with van der Waals surface area (Å²) < 4.78 is 6.55. The van der Waals surface area contributed by atoms with Gasteiger partial charge >= 0.3 is 0 Å². The molecule has 0 amide bonds. The van der Waals surface area contributed by atoms with Crippen molar-refractivity contribution in [2.24, 2.45) is 5.73 Å². The molecule has 18 heavy (non-hydrogen) atoms. The Morgan fingerprint density at radius 1 is 1.67 bits per heavy atom. The Balaban J connectivity index is 2.74. The van der Waals surface area contributed by atoms with Crippen molar-refractivity contribution in [1.29, 1.82) is 0 Å². The van der Waals surface area contributed by atoms with Crippen molar-refractivity contribution in [2.45, 2.75) is 38.8 Å². The van der Waals surface area contributed by atoms with Gasteiger partial charge < -0.3 is 10.5 Å². The maximum atomic E-state index is 12.1. The second-order valence-electron chi connectivity index (χ2n) is 4.23. The minimum Gasteiger partial charge on any atom is -0.383 e. The number of carbonyl (C=O) groups excluding carboxylic acids is 1. The first kappa shape index (κ1) is 15.1. The van der Waals surface area contributed by atoms with E-state index in [1.165, 1.54) is 6.20 Å². The highest BCUT2D eigenvalue weighted by molar-refractivity contribution is 6.33. The highest BCUT2D eigenvalue weighted by atomic mass is 35.5. The molecule has 0 spiro atoms. The number of rotatable bonds is 8. The molecule has 0 aliphatic rings. The predicted octanol–water partition coefficient (Wildman–Crippen LogP) is 1.88. The normalized spacial score (nSPS) is 12.7. The lowest BCUT2D eigenvalue weighted by Crippen LogP contribution is -2.25. The molecule has 1 aromatic heterocycles. The van der Waals surface area contributed by atoms with Gasteiger partial charge in [0.1, 0.15) is 5.69 Å². The zero-order valence-corrected chi connectivity index (χ0v) is 11.6. The standard InChI is InChI=1S/C12H20ClN3O2/c1-3-4-9(14)7-11(17)12-10(13)8-15-16(12)5-6-18-2/h8-9H,3-7,14H2,1-2H3. The van der Waals surface area contributed by atoms with Crippen molar-refractivity contribution in [2.75, 3.05) is 13.7 Å². The summed E-state index contributed by atoms with van der Waals surface area (Å²) in [6.07, 6.45) is 3.57. The van der Waals surface area contributed by atoms with Gasteiger partial charge in [-0.2, -0.15) is 5.10 Å². The first-order valence-electron chi connectivity index (χ1n) is 6.09. The molecule has 0 aromatic carbocycles. The van der Waals surface area contributed by atoms with Gasteiger partial charge in [0.15, 0.2) is 5.78 Å². The smallest absolute Gasteiger partial charge is 0.183 e. The third-order valence-corrected chi connectivity index (χ3v) is 2.95. The van der Waals surface area contributed by atoms with E-state index in [4.69, 9.17) is 22.1 Å². The minimum absolute atomic E-state index is 0.0606. The molecule has 1 aromatic rings. The van der Waals surface area contributed by atoms with Gasteiger partial charge in [-0.15, -0.1) is 0 Å². The molecule has 5 nitrogen and oxygen atoms in total. The molecule has 0 aliphatic heterocycles. The summed E-state index contributed by atoms with van der Waals surface area (Å²) in [5.41, 5.74) is 6.30. The van der Waals surface area contributed by atoms with Crippen LogP contribution in [0.1, 0.15) is 36.7 Å². The summed E-state index contributed by atoms with van der Waals surface area (Å²) in [5, 5.41) is 4.45. The maximum absolute atomic E-state index is 12.1. The van der Waals surface area contributed by atoms with Crippen molar-refractivity contribution in [1.82, 2.24) is 9.78 Å². The summed E-state index contributed by atoms with van der Waals surface area (Å²) in [6.45, 7) is 3.03. The van der Waals surface area contributed by atoms with Crippen molar-refractivity contribution in [3.63, 3.8) is 0 Å². The first-order valence-corrected chi connectivity index (χ1v) is 6.47. The summed E-state index contributed by atoms with van der Waals surface area (Å²) in [6, 6.07) is -0.121. The Morgan fingerprint density at radius 2 is 2.39 bits per heavy atom. The molecule has 0 saturated carbocycles. The van der Waals surface area contributed by atoms with E-state index in [1.54, 1.807) is 11.8 Å². The second-order valence-corrected chi connectivity index (χ2v) is 4.64. The lowest BCUT2D eigenvalue weighted by Gasteiger charge is -2.11. The number of ketones is 1. The van der Waals surface area contributed by atoms with Crippen LogP contribution < -0.4 is 5.73 Å². The number of aromatic nitrogens is 2. The number of nitrogens with two attached hydrogens (primary N) is 1. The number of ether oxygens (including phenoxy) is 1. The molecule has 102 valence electrons. The fraction of sp³-hybridized carbons (Fsp3) is 0.667. The van der Waals surface area contributed by atoms with Crippen molar-refractivity contribution >= 4 is 17.4 Å². The van der Waals surface area contributed by atoms with E-state index in [1.807, 2.05) is 6.92 Å². The SMILES string of the molecule is CCCC(N)CC(=O)c1c(Cl)cnn1CCOC. The lowest BCUT2D eigenvalue weighted by molar-refractivity contribution is 0.0959. The molecular formula is C12H20ClN3O2. The summed E-state index contributed by atoms with van der Waals surface area (Å²) >= 11 is 5.99. The van der Waals surface area contributed by atoms with Crippen LogP contribution in [0.4, 0.5) is 0 Å². The van der Waals surface area contributed by atoms with Gasteiger partial charge in [0, 0.05) is 19.6 Å². The molecule has 0 saturated heterocycles. The largest absolute Gasteiger partial charge is 0.383 e. The Kier molecular flexibility index (Phi) is 6.32. The van der Waals surface area contributed by atoms with E-state index < -0.39 is 0 Å². The van der Waals surface area contributed by atoms with Crippen LogP contribution in [0, 0.1) is 0 Å². The van der Waals surface area contributed by atoms with Crippen molar-refractivity contribution < 1.29 is 9.53 Å². The fourth-order valence-corrected chi connectivity index (χ4v) is 2.04. The van der Waals surface area contributed by atoms with Crippen LogP contribution in [-0.4, -0.2) is 35.3 Å². The van der Waals surface area contributed by atoms with Crippen LogP contribution >= 0.6 is 11.6 Å². The zero-order valence-electron chi connectivity index (χ0n) is 10.9. The molecule has 0 bridgehead atoms. The van der Waals surface area contributed by atoms with Gasteiger partial charge in [0.2, 0.25) is 0 Å². The number of nitrogens with zero attached hydrogens (tertiary/aromatic N) is 2. The Hall–Kier alpha value is -0.910. The molecule has 1 rings (SSSR count). The Labute approximate surface area is 112 Å². The molecule has 0 fully saturated rings. The number of methoxy groups -OCH3 is 1. The quantitative estimate of drug-likeness (QED) is 0.734. The maximum Gasteiger partial charge on any atom is 0.183 e. The van der Waals surface area contributed by atoms with Crippen molar-refractivity contribution in [3.8, 4) is 0 Å². The molecular weight excluding hydrogens is 254 g/mol. The number of hydrogen-bond donors (Lipinski definition) is 1. The van der Waals surface area contributed by atoms with Crippen LogP contribution in [0.15, 0.2) is 6.20 Å². The molecule has 0 aliphatic carbocycles. The van der Waals surface area contributed by atoms with Crippen LogP contribution in [0.2, 0.25) is 5.02 Å². The summed E-state index contributed by atoms with van der Waals surface area (Å²) in [4.78, 5) is 12.1. The average Bonchev–Trinajstić information content (AvgIpc) is 2.68. The van der Waals surface area contributed by atoms with Gasteiger partial charge in [0.25, 0.3) is 0 Å². The fourth-order valence-electron chi connectivity index (χ4n) is 1.79. The van der Waals surface area contributed by atoms with Crippen LogP contribution in [-0.2, 0) is 11.3 Å². The third kappa shape index (κ3) is 4.08. The topological polar surface area (TPSA) is 70.1 Å². The van der Waals surface area contributed by atoms with Crippen LogP contribution in [0.5, 0.6) is 0 Å². The highest BCUT2D eigenvalue weighted by Crippen LogP contribution is 2.18. The van der Waals surface area contributed by atoms with Gasteiger partial charge in [-0.3, -0.25) is 9.48 Å². The summed E-state index contributed by atoms with van der Waals surface area (Å²) in [7, 11) is 1.60. The molecule has 2 N–H and O–H groups in total. The minimum atomic E-state index is -0.121. The predicted molar refractivity (Wildman–Crippen MR) is 70.9 cm³/mol. The highest BCUT2D eigenvalue weighted by Gasteiger charge is 2.19. The molecule has 1 unspecified atom stereocenters. The zero-order chi connectivity index (χ0) is 13.5. The van der Waals surface area contributed by atoms with Crippen LogP contribution in [0.3, 0.4) is 0 Å². The average molecular weight is 274 g/mol. The number of halogens is 1. The van der Waals surface area contributed by atoms with Gasteiger partial charge in [-0.25, -0.2) is 0 Å². The van der Waals surface area contributed by atoms with Gasteiger partial charge in [0.05, 0.1) is 24.4 Å². The van der Waals surface area contributed by atoms with E-state index in [2.05, 4.69) is 5.10 Å². The lowest BCUT2D eigenvalue weighted by atomic mass is 10.0. The molecule has 1 heterocycles. The third-order valence-electron chi connectivity index (χ3n) is 2.67. The number of hydrogen-bond acceptors (Lipinski definition) is 4. The Morgan fingerprint density at radius 3 is 3.00 bits per heavy atom. The van der Waals surface area contributed by atoms with Crippen LogP contribution in [0.25, 0.3) is 0 Å². The second kappa shape index (κ2) is 7.51. The molecule has 0 radical (unpaired) electrons. The number of carbonyl (C=O) groups is 1. The van der Waals surface area contributed by atoms with E-state index >= 15 is 0 Å². The van der Waals surface area contributed by atoms with Gasteiger partial charge in [-0.1, -0.05) is 24.9 Å². The number of Topliss-reactive ketones (excluding diaryl/α,β-unsaturated/α-hetero) is 1. The van der Waals surface area contributed by atoms with Crippen molar-refractivity contribution in [3.05, 3.63) is 16.9 Å². The molecule has 6 heteroatoms. The van der Waals surface area contributed by atoms with E-state index in [-0.39, 0.29) is 11.8 Å². The monoisotopic (exact) mass is 273 g/mol. The first-order chi connectivity index (χ1) is 8.60. The summed E-state index contributed by atoms with van der Waals surface area (Å²) in [5.74, 6) is -0.0606. The van der Waals surface area contributed by atoms with E-state index in [0.29, 0.717) is 30.3 Å². The van der Waals surface area contributed by atoms with E-state index in [9.17, 15) is 4.79 Å². The van der Waals surface area contributed by atoms with Gasteiger partial charge in [-0.05, 0) is 6.42 Å².